The van der Waals surface area contributed by atoms with Gasteiger partial charge >= 0.3 is 7.75 Å². The number of hydrogen-bond donors (Lipinski definition) is 5. The number of carbonyl (C=O) groups is 1. The predicted octanol–water partition coefficient (Wildman–Crippen LogP) is 0.761. The van der Waals surface area contributed by atoms with E-state index in [2.05, 4.69) is 0 Å². The molecule has 1 unspecified atom stereocenters. The summed E-state index contributed by atoms with van der Waals surface area (Å²) in [5.41, 5.74) is 1.02. The SMILES string of the molecule is O=C1C=CC(C(O)Cc2ccc(O)cc2)=C(NP(=O)(O)O)C1. The van der Waals surface area contributed by atoms with Gasteiger partial charge in [0.15, 0.2) is 5.78 Å². The minimum absolute atomic E-state index is 0.0205. The van der Waals surface area contributed by atoms with Gasteiger partial charge in [-0.1, -0.05) is 18.2 Å². The van der Waals surface area contributed by atoms with Crippen LogP contribution in [0.2, 0.25) is 0 Å². The number of hydrogen-bond acceptors (Lipinski definition) is 4. The van der Waals surface area contributed by atoms with Gasteiger partial charge in [0.05, 0.1) is 12.5 Å². The molecule has 22 heavy (non-hydrogen) atoms. The molecule has 0 radical (unpaired) electrons. The zero-order valence-electron chi connectivity index (χ0n) is 11.5. The third-order valence-corrected chi connectivity index (χ3v) is 3.71. The first-order chi connectivity index (χ1) is 10.2. The van der Waals surface area contributed by atoms with Gasteiger partial charge in [0.1, 0.15) is 5.75 Å². The lowest BCUT2D eigenvalue weighted by Crippen LogP contribution is -2.24. The maximum atomic E-state index is 11.4. The van der Waals surface area contributed by atoms with Crippen LogP contribution in [0.5, 0.6) is 5.75 Å². The van der Waals surface area contributed by atoms with E-state index in [0.717, 1.165) is 5.56 Å². The van der Waals surface area contributed by atoms with E-state index in [4.69, 9.17) is 9.79 Å². The average molecular weight is 325 g/mol. The van der Waals surface area contributed by atoms with Crippen molar-refractivity contribution in [2.75, 3.05) is 0 Å². The van der Waals surface area contributed by atoms with E-state index < -0.39 is 13.9 Å². The Morgan fingerprint density at radius 2 is 1.82 bits per heavy atom. The van der Waals surface area contributed by atoms with Crippen LogP contribution < -0.4 is 5.09 Å². The summed E-state index contributed by atoms with van der Waals surface area (Å²) in [4.78, 5) is 29.4. The number of benzene rings is 1. The Kier molecular flexibility index (Phi) is 4.83. The summed E-state index contributed by atoms with van der Waals surface area (Å²) in [6.07, 6.45) is 1.56. The molecule has 0 fully saturated rings. The fourth-order valence-corrected chi connectivity index (χ4v) is 2.74. The Balaban J connectivity index is 2.23. The summed E-state index contributed by atoms with van der Waals surface area (Å²) in [6.45, 7) is 0. The first kappa shape index (κ1) is 16.5. The molecule has 0 heterocycles. The summed E-state index contributed by atoms with van der Waals surface area (Å²) >= 11 is 0. The fourth-order valence-electron chi connectivity index (χ4n) is 2.18. The summed E-state index contributed by atoms with van der Waals surface area (Å²) < 4.78 is 11.1. The number of phenols is 1. The molecule has 5 N–H and O–H groups in total. The molecule has 118 valence electrons. The first-order valence-electron chi connectivity index (χ1n) is 6.48. The highest BCUT2D eigenvalue weighted by Crippen LogP contribution is 2.34. The van der Waals surface area contributed by atoms with Crippen molar-refractivity contribution in [2.45, 2.75) is 18.9 Å². The van der Waals surface area contributed by atoms with Crippen LogP contribution in [0.15, 0.2) is 47.7 Å². The van der Waals surface area contributed by atoms with Gasteiger partial charge in [0.25, 0.3) is 0 Å². The topological polar surface area (TPSA) is 127 Å². The van der Waals surface area contributed by atoms with E-state index in [0.29, 0.717) is 0 Å². The second-order valence-corrected chi connectivity index (χ2v) is 6.26. The largest absolute Gasteiger partial charge is 0.508 e. The molecule has 2 rings (SSSR count). The van der Waals surface area contributed by atoms with Gasteiger partial charge < -0.3 is 20.0 Å². The molecule has 1 aromatic carbocycles. The van der Waals surface area contributed by atoms with Crippen molar-refractivity contribution in [2.24, 2.45) is 0 Å². The van der Waals surface area contributed by atoms with Crippen molar-refractivity contribution in [1.29, 1.82) is 0 Å². The quantitative estimate of drug-likeness (QED) is 0.506. The first-order valence-corrected chi connectivity index (χ1v) is 8.09. The smallest absolute Gasteiger partial charge is 0.427 e. The van der Waals surface area contributed by atoms with Crippen LogP contribution in [0, 0.1) is 0 Å². The monoisotopic (exact) mass is 325 g/mol. The van der Waals surface area contributed by atoms with Crippen LogP contribution in [0.25, 0.3) is 0 Å². The second-order valence-electron chi connectivity index (χ2n) is 4.95. The number of allylic oxidation sites excluding steroid dienone is 2. The number of nitrogens with one attached hydrogen (secondary N) is 1. The molecule has 0 saturated heterocycles. The highest BCUT2D eigenvalue weighted by Gasteiger charge is 2.24. The van der Waals surface area contributed by atoms with Gasteiger partial charge in [0.2, 0.25) is 0 Å². The Bertz CT molecular complexity index is 673. The molecule has 1 aliphatic carbocycles. The lowest BCUT2D eigenvalue weighted by atomic mass is 9.94. The van der Waals surface area contributed by atoms with E-state index in [1.54, 1.807) is 12.1 Å². The molecule has 1 aliphatic rings. The minimum atomic E-state index is -4.56. The summed E-state index contributed by atoms with van der Waals surface area (Å²) in [7, 11) is -4.56. The molecule has 0 aliphatic heterocycles. The average Bonchev–Trinajstić information content (AvgIpc) is 2.39. The van der Waals surface area contributed by atoms with Crippen LogP contribution in [-0.2, 0) is 15.8 Å². The van der Waals surface area contributed by atoms with Gasteiger partial charge in [-0.05, 0) is 23.8 Å². The number of phenolic OH excluding ortho intramolecular Hbond substituents is 1. The molecule has 0 spiro atoms. The lowest BCUT2D eigenvalue weighted by molar-refractivity contribution is -0.114. The molecule has 8 heteroatoms. The number of aromatic hydroxyl groups is 1. The van der Waals surface area contributed by atoms with Crippen molar-refractivity contribution in [3.05, 3.63) is 53.3 Å². The molecule has 0 aromatic heterocycles. The zero-order valence-corrected chi connectivity index (χ0v) is 12.4. The highest BCUT2D eigenvalue weighted by atomic mass is 31.2. The normalized spacial score (nSPS) is 16.8. The second kappa shape index (κ2) is 6.46. The van der Waals surface area contributed by atoms with Crippen molar-refractivity contribution in [3.63, 3.8) is 0 Å². The minimum Gasteiger partial charge on any atom is -0.508 e. The van der Waals surface area contributed by atoms with E-state index in [1.165, 1.54) is 24.3 Å². The van der Waals surface area contributed by atoms with Gasteiger partial charge in [-0.2, -0.15) is 0 Å². The zero-order chi connectivity index (χ0) is 16.3. The van der Waals surface area contributed by atoms with Crippen LogP contribution in [0.4, 0.5) is 0 Å². The van der Waals surface area contributed by atoms with E-state index in [9.17, 15) is 19.6 Å². The number of aliphatic hydroxyl groups excluding tert-OH is 1. The standard InChI is InChI=1S/C14H16NO6P/c16-10-3-1-9(2-4-10)7-14(18)12-6-5-11(17)8-13(12)15-22(19,20)21/h1-6,14,16,18H,7-8H2,(H3,15,19,20,21). The highest BCUT2D eigenvalue weighted by molar-refractivity contribution is 7.49. The third kappa shape index (κ3) is 4.54. The number of ketones is 1. The Morgan fingerprint density at radius 3 is 2.41 bits per heavy atom. The van der Waals surface area contributed by atoms with E-state index in [1.807, 2.05) is 5.09 Å². The van der Waals surface area contributed by atoms with Gasteiger partial charge in [-0.3, -0.25) is 9.88 Å². The van der Waals surface area contributed by atoms with E-state index in [-0.39, 0.29) is 35.6 Å². The Hall–Kier alpha value is -1.92. The Labute approximate surface area is 126 Å². The number of carbonyl (C=O) groups excluding carboxylic acids is 1. The van der Waals surface area contributed by atoms with E-state index >= 15 is 0 Å². The van der Waals surface area contributed by atoms with Crippen molar-refractivity contribution < 1.29 is 29.4 Å². The molecule has 1 atom stereocenters. The van der Waals surface area contributed by atoms with Crippen LogP contribution >= 0.6 is 7.75 Å². The number of aliphatic hydroxyl groups is 1. The maximum Gasteiger partial charge on any atom is 0.427 e. The third-order valence-electron chi connectivity index (χ3n) is 3.15. The molecule has 1 aromatic rings. The summed E-state index contributed by atoms with van der Waals surface area (Å²) in [5.74, 6) is -0.207. The van der Waals surface area contributed by atoms with Gasteiger partial charge in [-0.25, -0.2) is 4.57 Å². The summed E-state index contributed by atoms with van der Waals surface area (Å²) in [6, 6.07) is 6.22. The number of rotatable bonds is 5. The molecular weight excluding hydrogens is 309 g/mol. The lowest BCUT2D eigenvalue weighted by Gasteiger charge is -2.21. The maximum absolute atomic E-state index is 11.4. The van der Waals surface area contributed by atoms with Crippen molar-refractivity contribution in [3.8, 4) is 5.75 Å². The predicted molar refractivity (Wildman–Crippen MR) is 78.8 cm³/mol. The van der Waals surface area contributed by atoms with Gasteiger partial charge in [-0.15, -0.1) is 0 Å². The van der Waals surface area contributed by atoms with Crippen LogP contribution in [-0.4, -0.2) is 31.9 Å². The fraction of sp³-hybridized carbons (Fsp3) is 0.214. The van der Waals surface area contributed by atoms with Crippen molar-refractivity contribution >= 4 is 13.5 Å². The molecule has 0 bridgehead atoms. The molecular formula is C14H16NO6P. The Morgan fingerprint density at radius 1 is 1.18 bits per heavy atom. The molecule has 0 amide bonds. The molecule has 7 nitrogen and oxygen atoms in total. The summed E-state index contributed by atoms with van der Waals surface area (Å²) in [5, 5.41) is 21.5. The molecule has 0 saturated carbocycles. The van der Waals surface area contributed by atoms with Crippen molar-refractivity contribution in [1.82, 2.24) is 5.09 Å². The van der Waals surface area contributed by atoms with Crippen LogP contribution in [0.1, 0.15) is 12.0 Å². The van der Waals surface area contributed by atoms with Gasteiger partial charge in [0, 0.05) is 17.7 Å². The van der Waals surface area contributed by atoms with Crippen LogP contribution in [0.3, 0.4) is 0 Å².